The number of piperazine rings is 1. The molecule has 1 aromatic carbocycles. The van der Waals surface area contributed by atoms with Crippen LogP contribution in [0.5, 0.6) is 0 Å². The highest BCUT2D eigenvalue weighted by Crippen LogP contribution is 2.27. The molecule has 28 heavy (non-hydrogen) atoms. The minimum atomic E-state index is -0.0325. The second kappa shape index (κ2) is 7.76. The number of hydrogen-bond acceptors (Lipinski definition) is 6. The first-order valence-corrected chi connectivity index (χ1v) is 9.60. The van der Waals surface area contributed by atoms with Crippen molar-refractivity contribution in [2.75, 3.05) is 44.7 Å². The minimum absolute atomic E-state index is 0.0325. The van der Waals surface area contributed by atoms with Crippen molar-refractivity contribution in [1.82, 2.24) is 29.8 Å². The molecule has 9 nitrogen and oxygen atoms in total. The van der Waals surface area contributed by atoms with Crippen LogP contribution in [-0.4, -0.2) is 70.3 Å². The number of aromatic nitrogens is 4. The number of rotatable bonds is 4. The lowest BCUT2D eigenvalue weighted by atomic mass is 10.2. The zero-order chi connectivity index (χ0) is 19.7. The highest BCUT2D eigenvalue weighted by molar-refractivity contribution is 6.31. The van der Waals surface area contributed by atoms with E-state index in [1.54, 1.807) is 7.11 Å². The lowest BCUT2D eigenvalue weighted by Crippen LogP contribution is -2.52. The van der Waals surface area contributed by atoms with Crippen LogP contribution in [0, 0.1) is 0 Å². The van der Waals surface area contributed by atoms with E-state index in [2.05, 4.69) is 20.4 Å². The Morgan fingerprint density at radius 2 is 2.04 bits per heavy atom. The van der Waals surface area contributed by atoms with Crippen LogP contribution in [-0.2, 0) is 11.3 Å². The second-order valence-electron chi connectivity index (χ2n) is 6.59. The quantitative estimate of drug-likeness (QED) is 0.716. The van der Waals surface area contributed by atoms with Crippen molar-refractivity contribution in [3.8, 4) is 0 Å². The van der Waals surface area contributed by atoms with E-state index in [1.807, 2.05) is 34.4 Å². The molecule has 3 aromatic rings. The van der Waals surface area contributed by atoms with E-state index < -0.39 is 0 Å². The van der Waals surface area contributed by atoms with Gasteiger partial charge in [0.05, 0.1) is 5.52 Å². The van der Waals surface area contributed by atoms with Gasteiger partial charge in [-0.25, -0.2) is 14.2 Å². The monoisotopic (exact) mass is 403 g/mol. The highest BCUT2D eigenvalue weighted by atomic mass is 35.5. The van der Waals surface area contributed by atoms with Crippen LogP contribution < -0.4 is 10.2 Å². The van der Waals surface area contributed by atoms with Crippen molar-refractivity contribution in [2.45, 2.75) is 13.5 Å². The Morgan fingerprint density at radius 3 is 2.75 bits per heavy atom. The van der Waals surface area contributed by atoms with Gasteiger partial charge in [-0.05, 0) is 25.1 Å². The van der Waals surface area contributed by atoms with E-state index in [1.165, 1.54) is 0 Å². The van der Waals surface area contributed by atoms with Crippen LogP contribution in [0.4, 0.5) is 10.7 Å². The molecule has 0 spiro atoms. The predicted octanol–water partition coefficient (Wildman–Crippen LogP) is 1.93. The van der Waals surface area contributed by atoms with Gasteiger partial charge < -0.3 is 19.9 Å². The zero-order valence-corrected chi connectivity index (χ0v) is 16.6. The van der Waals surface area contributed by atoms with E-state index in [0.717, 1.165) is 22.5 Å². The summed E-state index contributed by atoms with van der Waals surface area (Å²) in [6, 6.07) is 5.52. The van der Waals surface area contributed by atoms with Gasteiger partial charge in [-0.3, -0.25) is 0 Å². The molecule has 0 aliphatic carbocycles. The van der Waals surface area contributed by atoms with Gasteiger partial charge in [-0.2, -0.15) is 0 Å². The Kier molecular flexibility index (Phi) is 5.19. The lowest BCUT2D eigenvalue weighted by Gasteiger charge is -2.35. The average molecular weight is 404 g/mol. The van der Waals surface area contributed by atoms with Crippen LogP contribution in [0.25, 0.3) is 16.6 Å². The van der Waals surface area contributed by atoms with Crippen LogP contribution in [0.2, 0.25) is 5.02 Å². The van der Waals surface area contributed by atoms with Gasteiger partial charge in [0, 0.05) is 50.2 Å². The Balaban J connectivity index is 1.74. The molecule has 3 heterocycles. The second-order valence-corrected chi connectivity index (χ2v) is 7.03. The number of benzene rings is 1. The van der Waals surface area contributed by atoms with Crippen molar-refractivity contribution in [2.24, 2.45) is 0 Å². The van der Waals surface area contributed by atoms with Gasteiger partial charge >= 0.3 is 6.03 Å². The van der Waals surface area contributed by atoms with Crippen molar-refractivity contribution in [3.63, 3.8) is 0 Å². The van der Waals surface area contributed by atoms with Gasteiger partial charge in [0.15, 0.2) is 11.5 Å². The molecule has 0 atom stereocenters. The number of methoxy groups -OCH3 is 1. The Bertz CT molecular complexity index is 1010. The fourth-order valence-corrected chi connectivity index (χ4v) is 3.62. The SMILES string of the molecule is CCNC(=O)N1CCN(c2nc3cc(Cl)ccc3c3nnc(COC)n23)CC1. The summed E-state index contributed by atoms with van der Waals surface area (Å²) < 4.78 is 7.22. The van der Waals surface area contributed by atoms with E-state index in [-0.39, 0.29) is 6.03 Å². The van der Waals surface area contributed by atoms with Crippen LogP contribution in [0.3, 0.4) is 0 Å². The number of amides is 2. The molecule has 10 heteroatoms. The molecule has 1 aliphatic heterocycles. The zero-order valence-electron chi connectivity index (χ0n) is 15.9. The Morgan fingerprint density at radius 1 is 1.25 bits per heavy atom. The van der Waals surface area contributed by atoms with Gasteiger partial charge in [-0.15, -0.1) is 10.2 Å². The summed E-state index contributed by atoms with van der Waals surface area (Å²) in [5.74, 6) is 1.42. The van der Waals surface area contributed by atoms with Crippen molar-refractivity contribution in [1.29, 1.82) is 0 Å². The smallest absolute Gasteiger partial charge is 0.317 e. The molecule has 1 saturated heterocycles. The summed E-state index contributed by atoms with van der Waals surface area (Å²) in [5.41, 5.74) is 1.48. The maximum atomic E-state index is 12.1. The molecule has 2 aromatic heterocycles. The molecular weight excluding hydrogens is 382 g/mol. The topological polar surface area (TPSA) is 87.9 Å². The summed E-state index contributed by atoms with van der Waals surface area (Å²) in [5, 5.41) is 13.0. The molecular formula is C18H22ClN7O2. The van der Waals surface area contributed by atoms with Crippen LogP contribution in [0.15, 0.2) is 18.2 Å². The number of urea groups is 1. The third-order valence-electron chi connectivity index (χ3n) is 4.80. The summed E-state index contributed by atoms with van der Waals surface area (Å²) in [4.78, 5) is 20.9. The summed E-state index contributed by atoms with van der Waals surface area (Å²) >= 11 is 6.18. The van der Waals surface area contributed by atoms with Crippen LogP contribution >= 0.6 is 11.6 Å². The van der Waals surface area contributed by atoms with Gasteiger partial charge in [0.2, 0.25) is 5.95 Å². The number of hydrogen-bond donors (Lipinski definition) is 1. The maximum Gasteiger partial charge on any atom is 0.317 e. The predicted molar refractivity (Wildman–Crippen MR) is 107 cm³/mol. The summed E-state index contributed by atoms with van der Waals surface area (Å²) in [7, 11) is 1.63. The molecule has 1 fully saturated rings. The first kappa shape index (κ1) is 18.7. The molecule has 0 unspecified atom stereocenters. The lowest BCUT2D eigenvalue weighted by molar-refractivity contribution is 0.176. The van der Waals surface area contributed by atoms with Gasteiger partial charge in [0.25, 0.3) is 0 Å². The minimum Gasteiger partial charge on any atom is -0.377 e. The number of carbonyl (C=O) groups excluding carboxylic acids is 1. The summed E-state index contributed by atoms with van der Waals surface area (Å²) in [6.45, 7) is 5.42. The van der Waals surface area contributed by atoms with Crippen molar-refractivity contribution >= 4 is 40.1 Å². The fraction of sp³-hybridized carbons (Fsp3) is 0.444. The molecule has 1 N–H and O–H groups in total. The Hall–Kier alpha value is -2.65. The average Bonchev–Trinajstić information content (AvgIpc) is 3.12. The van der Waals surface area contributed by atoms with E-state index in [0.29, 0.717) is 50.2 Å². The fourth-order valence-electron chi connectivity index (χ4n) is 3.45. The number of carbonyl (C=O) groups is 1. The molecule has 4 rings (SSSR count). The van der Waals surface area contributed by atoms with Gasteiger partial charge in [-0.1, -0.05) is 11.6 Å². The largest absolute Gasteiger partial charge is 0.377 e. The Labute approximate surface area is 167 Å². The number of halogens is 1. The maximum absolute atomic E-state index is 12.1. The van der Waals surface area contributed by atoms with Gasteiger partial charge in [0.1, 0.15) is 6.61 Å². The third kappa shape index (κ3) is 3.31. The molecule has 148 valence electrons. The van der Waals surface area contributed by atoms with E-state index in [9.17, 15) is 4.79 Å². The number of nitrogens with zero attached hydrogens (tertiary/aromatic N) is 6. The first-order chi connectivity index (χ1) is 13.6. The third-order valence-corrected chi connectivity index (χ3v) is 5.04. The molecule has 0 saturated carbocycles. The number of ether oxygens (including phenoxy) is 1. The molecule has 0 bridgehead atoms. The molecule has 0 radical (unpaired) electrons. The number of anilines is 1. The first-order valence-electron chi connectivity index (χ1n) is 9.22. The molecule has 2 amide bonds. The van der Waals surface area contributed by atoms with Crippen molar-refractivity contribution < 1.29 is 9.53 Å². The molecule has 1 aliphatic rings. The normalized spacial score (nSPS) is 14.8. The standard InChI is InChI=1S/C18H22ClN7O2/c1-3-20-18(27)25-8-6-24(7-9-25)17-21-14-10-12(19)4-5-13(14)16-23-22-15(11-28-2)26(16)17/h4-5,10H,3,6-9,11H2,1-2H3,(H,20,27). The number of nitrogens with one attached hydrogen (secondary N) is 1. The van der Waals surface area contributed by atoms with Crippen LogP contribution in [0.1, 0.15) is 12.7 Å². The summed E-state index contributed by atoms with van der Waals surface area (Å²) in [6.07, 6.45) is 0. The van der Waals surface area contributed by atoms with Crippen molar-refractivity contribution in [3.05, 3.63) is 29.0 Å². The highest BCUT2D eigenvalue weighted by Gasteiger charge is 2.25. The van der Waals surface area contributed by atoms with E-state index >= 15 is 0 Å². The van der Waals surface area contributed by atoms with E-state index in [4.69, 9.17) is 21.3 Å². The number of fused-ring (bicyclic) bond motifs is 3.